The Morgan fingerprint density at radius 3 is 3.08 bits per heavy atom. The summed E-state index contributed by atoms with van der Waals surface area (Å²) in [5.41, 5.74) is 3.12. The summed E-state index contributed by atoms with van der Waals surface area (Å²) in [5, 5.41) is 20.2. The molecule has 0 fully saturated rings. The van der Waals surface area contributed by atoms with Crippen LogP contribution in [-0.4, -0.2) is 40.8 Å². The number of benzene rings is 1. The van der Waals surface area contributed by atoms with Gasteiger partial charge in [-0.2, -0.15) is 10.4 Å². The molecular weight excluding hydrogens is 304 g/mol. The fourth-order valence-corrected chi connectivity index (χ4v) is 2.71. The van der Waals surface area contributed by atoms with Gasteiger partial charge in [0.05, 0.1) is 11.8 Å². The SMILES string of the molecule is N#Cc1ccc2cc1OCCNCCNc1ccn3ncc-2c3n1. The van der Waals surface area contributed by atoms with Gasteiger partial charge >= 0.3 is 0 Å². The highest BCUT2D eigenvalue weighted by Gasteiger charge is 2.12. The topological polar surface area (TPSA) is 87.3 Å². The second-order valence-electron chi connectivity index (χ2n) is 5.49. The van der Waals surface area contributed by atoms with E-state index in [-0.39, 0.29) is 0 Å². The standard InChI is InChI=1S/C17H16N6O/c18-10-13-2-1-12-9-15(13)24-8-6-19-4-5-20-16-3-7-23-17(22-16)14(12)11-21-23/h1-3,7,9,11,19H,4-6,8H2,(H,20,22). The number of nitrogens with one attached hydrogen (secondary N) is 2. The summed E-state index contributed by atoms with van der Waals surface area (Å²) in [5.74, 6) is 1.40. The minimum absolute atomic E-state index is 0.505. The van der Waals surface area contributed by atoms with Gasteiger partial charge in [-0.3, -0.25) is 0 Å². The van der Waals surface area contributed by atoms with Crippen LogP contribution < -0.4 is 15.4 Å². The van der Waals surface area contributed by atoms with Crippen LogP contribution in [0.3, 0.4) is 0 Å². The molecule has 2 aromatic heterocycles. The first-order chi connectivity index (χ1) is 11.8. The molecule has 0 aliphatic carbocycles. The number of hydrogen-bond donors (Lipinski definition) is 2. The molecule has 1 aromatic carbocycles. The third kappa shape index (κ3) is 2.64. The van der Waals surface area contributed by atoms with E-state index in [1.165, 1.54) is 0 Å². The second kappa shape index (κ2) is 6.18. The monoisotopic (exact) mass is 320 g/mol. The van der Waals surface area contributed by atoms with E-state index in [1.807, 2.05) is 24.4 Å². The number of fused-ring (bicyclic) bond motifs is 4. The predicted molar refractivity (Wildman–Crippen MR) is 90.0 cm³/mol. The minimum atomic E-state index is 0.505. The van der Waals surface area contributed by atoms with Crippen molar-refractivity contribution in [3.8, 4) is 22.9 Å². The van der Waals surface area contributed by atoms with Crippen LogP contribution in [0.4, 0.5) is 5.82 Å². The smallest absolute Gasteiger partial charge is 0.165 e. The van der Waals surface area contributed by atoms with Crippen molar-refractivity contribution >= 4 is 11.5 Å². The molecule has 1 aliphatic rings. The van der Waals surface area contributed by atoms with Crippen LogP contribution in [0.1, 0.15) is 5.56 Å². The summed E-state index contributed by atoms with van der Waals surface area (Å²) < 4.78 is 7.53. The number of ether oxygens (including phenoxy) is 1. The van der Waals surface area contributed by atoms with Gasteiger partial charge in [0, 0.05) is 31.4 Å². The van der Waals surface area contributed by atoms with Gasteiger partial charge in [-0.05, 0) is 23.8 Å². The molecule has 0 saturated carbocycles. The first-order valence-corrected chi connectivity index (χ1v) is 7.81. The van der Waals surface area contributed by atoms with E-state index in [4.69, 9.17) is 4.74 Å². The Bertz CT molecular complexity index is 926. The Balaban J connectivity index is 1.86. The van der Waals surface area contributed by atoms with Crippen LogP contribution in [0.25, 0.3) is 16.8 Å². The van der Waals surface area contributed by atoms with Crippen LogP contribution in [0, 0.1) is 11.3 Å². The summed E-state index contributed by atoms with van der Waals surface area (Å²) in [4.78, 5) is 4.66. The van der Waals surface area contributed by atoms with Gasteiger partial charge in [0.15, 0.2) is 5.65 Å². The largest absolute Gasteiger partial charge is 0.491 e. The van der Waals surface area contributed by atoms with Crippen molar-refractivity contribution in [1.82, 2.24) is 19.9 Å². The zero-order valence-corrected chi connectivity index (χ0v) is 13.0. The second-order valence-corrected chi connectivity index (χ2v) is 5.49. The molecule has 3 heterocycles. The van der Waals surface area contributed by atoms with Crippen LogP contribution in [-0.2, 0) is 0 Å². The maximum atomic E-state index is 9.28. The highest BCUT2D eigenvalue weighted by atomic mass is 16.5. The normalized spacial score (nSPS) is 14.5. The molecule has 0 atom stereocenters. The Morgan fingerprint density at radius 2 is 2.17 bits per heavy atom. The van der Waals surface area contributed by atoms with Crippen molar-refractivity contribution in [2.75, 3.05) is 31.6 Å². The fraction of sp³-hybridized carbons (Fsp3) is 0.235. The minimum Gasteiger partial charge on any atom is -0.491 e. The molecule has 2 N–H and O–H groups in total. The summed E-state index contributed by atoms with van der Waals surface area (Å²) in [7, 11) is 0. The first-order valence-electron chi connectivity index (χ1n) is 7.81. The Morgan fingerprint density at radius 1 is 1.21 bits per heavy atom. The average Bonchev–Trinajstić information content (AvgIpc) is 3.03. The predicted octanol–water partition coefficient (Wildman–Crippen LogP) is 1.66. The van der Waals surface area contributed by atoms with E-state index in [0.717, 1.165) is 35.7 Å². The molecule has 0 radical (unpaired) electrons. The van der Waals surface area contributed by atoms with Gasteiger partial charge in [-0.15, -0.1) is 0 Å². The van der Waals surface area contributed by atoms with Gasteiger partial charge in [-0.1, -0.05) is 6.07 Å². The third-order valence-corrected chi connectivity index (χ3v) is 3.93. The number of nitriles is 1. The molecule has 0 spiro atoms. The molecule has 0 amide bonds. The lowest BCUT2D eigenvalue weighted by Crippen LogP contribution is -2.27. The average molecular weight is 320 g/mol. The van der Waals surface area contributed by atoms with Crippen LogP contribution in [0.15, 0.2) is 36.7 Å². The molecular formula is C17H16N6O. The Labute approximate surface area is 138 Å². The van der Waals surface area contributed by atoms with Crippen LogP contribution >= 0.6 is 0 Å². The third-order valence-electron chi connectivity index (χ3n) is 3.93. The molecule has 24 heavy (non-hydrogen) atoms. The highest BCUT2D eigenvalue weighted by molar-refractivity contribution is 5.79. The molecule has 1 aliphatic heterocycles. The van der Waals surface area contributed by atoms with E-state index >= 15 is 0 Å². The van der Waals surface area contributed by atoms with Gasteiger partial charge in [0.1, 0.15) is 24.2 Å². The van der Waals surface area contributed by atoms with E-state index in [9.17, 15) is 5.26 Å². The quantitative estimate of drug-likeness (QED) is 0.655. The lowest BCUT2D eigenvalue weighted by molar-refractivity contribution is 0.314. The lowest BCUT2D eigenvalue weighted by atomic mass is 10.1. The molecule has 0 unspecified atom stereocenters. The van der Waals surface area contributed by atoms with Crippen molar-refractivity contribution in [3.05, 3.63) is 42.2 Å². The van der Waals surface area contributed by atoms with Crippen LogP contribution in [0.5, 0.6) is 5.75 Å². The van der Waals surface area contributed by atoms with Crippen molar-refractivity contribution in [2.24, 2.45) is 0 Å². The Kier molecular flexibility index (Phi) is 3.73. The van der Waals surface area contributed by atoms with E-state index in [0.29, 0.717) is 24.5 Å². The summed E-state index contributed by atoms with van der Waals surface area (Å²) in [6.45, 7) is 2.78. The summed E-state index contributed by atoms with van der Waals surface area (Å²) in [6, 6.07) is 9.63. The molecule has 120 valence electrons. The van der Waals surface area contributed by atoms with Crippen molar-refractivity contribution in [1.29, 1.82) is 5.26 Å². The summed E-state index contributed by atoms with van der Waals surface area (Å²) >= 11 is 0. The van der Waals surface area contributed by atoms with Gasteiger partial charge in [0.25, 0.3) is 0 Å². The van der Waals surface area contributed by atoms with Crippen molar-refractivity contribution in [2.45, 2.75) is 0 Å². The number of anilines is 1. The molecule has 4 rings (SSSR count). The lowest BCUT2D eigenvalue weighted by Gasteiger charge is -2.12. The highest BCUT2D eigenvalue weighted by Crippen LogP contribution is 2.29. The molecule has 7 heteroatoms. The molecule has 3 aromatic rings. The van der Waals surface area contributed by atoms with E-state index < -0.39 is 0 Å². The van der Waals surface area contributed by atoms with Gasteiger partial charge < -0.3 is 15.4 Å². The number of aromatic nitrogens is 3. The van der Waals surface area contributed by atoms with Crippen molar-refractivity contribution < 1.29 is 4.74 Å². The number of rotatable bonds is 0. The summed E-state index contributed by atoms with van der Waals surface area (Å²) in [6.07, 6.45) is 3.67. The van der Waals surface area contributed by atoms with E-state index in [1.54, 1.807) is 16.8 Å². The van der Waals surface area contributed by atoms with Crippen LogP contribution in [0.2, 0.25) is 0 Å². The molecule has 4 bridgehead atoms. The maximum Gasteiger partial charge on any atom is 0.165 e. The number of hydrogen-bond acceptors (Lipinski definition) is 6. The zero-order chi connectivity index (χ0) is 16.4. The van der Waals surface area contributed by atoms with Gasteiger partial charge in [-0.25, -0.2) is 9.50 Å². The van der Waals surface area contributed by atoms with E-state index in [2.05, 4.69) is 26.8 Å². The maximum absolute atomic E-state index is 9.28. The molecule has 7 nitrogen and oxygen atoms in total. The molecule has 0 saturated heterocycles. The first kappa shape index (κ1) is 14.5. The fourth-order valence-electron chi connectivity index (χ4n) is 2.71. The zero-order valence-electron chi connectivity index (χ0n) is 13.0. The number of nitrogens with zero attached hydrogens (tertiary/aromatic N) is 4. The van der Waals surface area contributed by atoms with Gasteiger partial charge in [0.2, 0.25) is 0 Å². The Hall–Kier alpha value is -3.11. The van der Waals surface area contributed by atoms with Crippen molar-refractivity contribution in [3.63, 3.8) is 0 Å².